The number of piperazine rings is 1. The Balaban J connectivity index is 0.934. The van der Waals surface area contributed by atoms with Crippen molar-refractivity contribution < 1.29 is 9.47 Å². The van der Waals surface area contributed by atoms with Crippen LogP contribution in [0.4, 0.5) is 5.69 Å². The van der Waals surface area contributed by atoms with Crippen molar-refractivity contribution >= 4 is 27.2 Å². The van der Waals surface area contributed by atoms with E-state index in [1.807, 2.05) is 0 Å². The van der Waals surface area contributed by atoms with Crippen molar-refractivity contribution in [2.75, 3.05) is 71.4 Å². The van der Waals surface area contributed by atoms with Gasteiger partial charge in [-0.25, -0.2) is 4.98 Å². The fraction of sp³-hybridized carbons (Fsp3) is 0.567. The van der Waals surface area contributed by atoms with Gasteiger partial charge in [0.1, 0.15) is 16.9 Å². The number of rotatable bonds is 9. The number of anilines is 1. The molecule has 6 rings (SSSR count). The maximum absolute atomic E-state index is 6.45. The highest BCUT2D eigenvalue weighted by atomic mass is 32.1. The van der Waals surface area contributed by atoms with Gasteiger partial charge >= 0.3 is 0 Å². The minimum absolute atomic E-state index is 0.252. The Morgan fingerprint density at radius 3 is 2.32 bits per heavy atom. The lowest BCUT2D eigenvalue weighted by molar-refractivity contribution is -0.110. The van der Waals surface area contributed by atoms with Crippen LogP contribution >= 0.6 is 11.3 Å². The fourth-order valence-electron chi connectivity index (χ4n) is 5.68. The van der Waals surface area contributed by atoms with Gasteiger partial charge in [-0.3, -0.25) is 4.90 Å². The predicted molar refractivity (Wildman–Crippen MR) is 157 cm³/mol. The second-order valence-electron chi connectivity index (χ2n) is 11.2. The molecule has 3 heterocycles. The first kappa shape index (κ1) is 26.0. The third-order valence-electron chi connectivity index (χ3n) is 8.21. The van der Waals surface area contributed by atoms with E-state index in [9.17, 15) is 0 Å². The van der Waals surface area contributed by atoms with Crippen LogP contribution in [0.25, 0.3) is 20.8 Å². The van der Waals surface area contributed by atoms with Crippen LogP contribution in [0.1, 0.15) is 25.7 Å². The maximum atomic E-state index is 6.45. The number of hydrogen-bond donors (Lipinski definition) is 1. The summed E-state index contributed by atoms with van der Waals surface area (Å²) in [4.78, 5) is 12.2. The molecule has 0 atom stereocenters. The van der Waals surface area contributed by atoms with Crippen molar-refractivity contribution in [1.29, 1.82) is 0 Å². The van der Waals surface area contributed by atoms with E-state index < -0.39 is 0 Å². The predicted octanol–water partition coefficient (Wildman–Crippen LogP) is 4.33. The van der Waals surface area contributed by atoms with Gasteiger partial charge in [-0.15, -0.1) is 11.3 Å². The molecule has 0 bridgehead atoms. The van der Waals surface area contributed by atoms with E-state index in [1.165, 1.54) is 49.7 Å². The standard InChI is InChI=1S/C30H41N5O2S/c1-33(2)23-5-3-22(4-6-23)30-32-28-8-7-25(21-29(28)38-30)37-27-19-26(20-27)36-24-9-13-34(14-10-24)17-18-35-15-11-31-12-16-35/h3-8,21,24,26-27,31H,9-20H2,1-2H3/t26-,27-. The zero-order valence-corrected chi connectivity index (χ0v) is 23.6. The van der Waals surface area contributed by atoms with Gasteiger partial charge in [-0.1, -0.05) is 0 Å². The summed E-state index contributed by atoms with van der Waals surface area (Å²) < 4.78 is 13.9. The number of ether oxygens (including phenoxy) is 2. The van der Waals surface area contributed by atoms with Crippen LogP contribution in [-0.4, -0.2) is 99.5 Å². The third kappa shape index (κ3) is 6.32. The molecule has 2 saturated heterocycles. The van der Waals surface area contributed by atoms with E-state index in [0.717, 1.165) is 60.6 Å². The highest BCUT2D eigenvalue weighted by Crippen LogP contribution is 2.35. The zero-order valence-electron chi connectivity index (χ0n) is 22.8. The molecule has 38 heavy (non-hydrogen) atoms. The van der Waals surface area contributed by atoms with Gasteiger partial charge in [0.2, 0.25) is 0 Å². The molecule has 2 aliphatic heterocycles. The van der Waals surface area contributed by atoms with Crippen LogP contribution in [0, 0.1) is 0 Å². The molecule has 1 N–H and O–H groups in total. The second-order valence-corrected chi connectivity index (χ2v) is 12.2. The highest BCUT2D eigenvalue weighted by molar-refractivity contribution is 7.21. The summed E-state index contributed by atoms with van der Waals surface area (Å²) in [6.45, 7) is 9.38. The summed E-state index contributed by atoms with van der Waals surface area (Å²) >= 11 is 1.73. The molecule has 0 amide bonds. The van der Waals surface area contributed by atoms with E-state index >= 15 is 0 Å². The number of benzene rings is 2. The zero-order chi connectivity index (χ0) is 25.9. The molecule has 8 heteroatoms. The first-order valence-corrected chi connectivity index (χ1v) is 15.1. The molecule has 7 nitrogen and oxygen atoms in total. The maximum Gasteiger partial charge on any atom is 0.124 e. The largest absolute Gasteiger partial charge is 0.490 e. The number of thiazole rings is 1. The molecule has 3 aliphatic rings. The van der Waals surface area contributed by atoms with E-state index in [2.05, 4.69) is 76.6 Å². The molecule has 2 aromatic carbocycles. The summed E-state index contributed by atoms with van der Waals surface area (Å²) in [5.41, 5.74) is 3.38. The van der Waals surface area contributed by atoms with Gasteiger partial charge in [0, 0.05) is 90.5 Å². The number of likely N-dealkylation sites (tertiary alicyclic amines) is 1. The molecule has 1 saturated carbocycles. The van der Waals surface area contributed by atoms with Gasteiger partial charge in [-0.2, -0.15) is 0 Å². The summed E-state index contributed by atoms with van der Waals surface area (Å²) in [7, 11) is 4.12. The Morgan fingerprint density at radius 2 is 1.61 bits per heavy atom. The van der Waals surface area contributed by atoms with E-state index in [4.69, 9.17) is 14.5 Å². The number of fused-ring (bicyclic) bond motifs is 1. The van der Waals surface area contributed by atoms with Crippen LogP contribution in [0.3, 0.4) is 0 Å². The summed E-state index contributed by atoms with van der Waals surface area (Å²) in [6, 6.07) is 14.9. The van der Waals surface area contributed by atoms with Gasteiger partial charge in [-0.05, 0) is 55.3 Å². The van der Waals surface area contributed by atoms with Crippen LogP contribution in [0.15, 0.2) is 42.5 Å². The van der Waals surface area contributed by atoms with Crippen LogP contribution < -0.4 is 15.0 Å². The summed E-state index contributed by atoms with van der Waals surface area (Å²) in [5, 5.41) is 4.49. The molecule has 0 spiro atoms. The van der Waals surface area contributed by atoms with Crippen molar-refractivity contribution in [2.24, 2.45) is 0 Å². The minimum Gasteiger partial charge on any atom is -0.490 e. The third-order valence-corrected chi connectivity index (χ3v) is 9.27. The molecule has 0 unspecified atom stereocenters. The van der Waals surface area contributed by atoms with Crippen molar-refractivity contribution in [3.8, 4) is 16.3 Å². The van der Waals surface area contributed by atoms with Gasteiger partial charge in [0.25, 0.3) is 0 Å². The second kappa shape index (κ2) is 11.9. The van der Waals surface area contributed by atoms with Crippen molar-refractivity contribution in [1.82, 2.24) is 20.1 Å². The Morgan fingerprint density at radius 1 is 0.895 bits per heavy atom. The van der Waals surface area contributed by atoms with Crippen molar-refractivity contribution in [3.05, 3.63) is 42.5 Å². The Labute approximate surface area is 230 Å². The first-order chi connectivity index (χ1) is 18.6. The lowest BCUT2D eigenvalue weighted by Crippen LogP contribution is -2.48. The smallest absolute Gasteiger partial charge is 0.124 e. The SMILES string of the molecule is CN(C)c1ccc(-c2nc3ccc(O[C@H]4C[C@H](OC5CCN(CCN6CCNCC6)CC5)C4)cc3s2)cc1. The fourth-order valence-corrected chi connectivity index (χ4v) is 6.68. The normalized spacial score (nSPS) is 23.4. The molecule has 1 aliphatic carbocycles. The lowest BCUT2D eigenvalue weighted by Gasteiger charge is -2.40. The molecule has 3 aromatic rings. The number of nitrogens with one attached hydrogen (secondary N) is 1. The lowest BCUT2D eigenvalue weighted by atomic mass is 9.91. The van der Waals surface area contributed by atoms with E-state index in [0.29, 0.717) is 12.2 Å². The Kier molecular flexibility index (Phi) is 8.13. The Hall–Kier alpha value is -2.23. The monoisotopic (exact) mass is 535 g/mol. The molecular weight excluding hydrogens is 494 g/mol. The van der Waals surface area contributed by atoms with Crippen LogP contribution in [0.5, 0.6) is 5.75 Å². The van der Waals surface area contributed by atoms with Gasteiger partial charge < -0.3 is 24.6 Å². The highest BCUT2D eigenvalue weighted by Gasteiger charge is 2.34. The average Bonchev–Trinajstić information content (AvgIpc) is 3.35. The van der Waals surface area contributed by atoms with Crippen molar-refractivity contribution in [2.45, 2.75) is 44.0 Å². The molecule has 1 aromatic heterocycles. The summed E-state index contributed by atoms with van der Waals surface area (Å²) in [5.74, 6) is 0.942. The van der Waals surface area contributed by atoms with Crippen molar-refractivity contribution in [3.63, 3.8) is 0 Å². The van der Waals surface area contributed by atoms with E-state index in [-0.39, 0.29) is 6.10 Å². The molecular formula is C30H41N5O2S. The van der Waals surface area contributed by atoms with E-state index in [1.54, 1.807) is 11.3 Å². The first-order valence-electron chi connectivity index (χ1n) is 14.2. The number of hydrogen-bond acceptors (Lipinski definition) is 8. The average molecular weight is 536 g/mol. The molecule has 204 valence electrons. The van der Waals surface area contributed by atoms with Crippen LogP contribution in [-0.2, 0) is 4.74 Å². The number of piperidine rings is 1. The topological polar surface area (TPSA) is 53.1 Å². The van der Waals surface area contributed by atoms with Gasteiger partial charge in [0.05, 0.1) is 22.4 Å². The molecule has 0 radical (unpaired) electrons. The quantitative estimate of drug-likeness (QED) is 0.438. The minimum atomic E-state index is 0.252. The van der Waals surface area contributed by atoms with Gasteiger partial charge in [0.15, 0.2) is 0 Å². The Bertz CT molecular complexity index is 1180. The molecule has 3 fully saturated rings. The number of nitrogens with zero attached hydrogens (tertiary/aromatic N) is 4. The van der Waals surface area contributed by atoms with Crippen LogP contribution in [0.2, 0.25) is 0 Å². The summed E-state index contributed by atoms with van der Waals surface area (Å²) in [6.07, 6.45) is 5.32. The number of aromatic nitrogens is 1.